The Morgan fingerprint density at radius 2 is 1.93 bits per heavy atom. The molecule has 0 unspecified atom stereocenters. The van der Waals surface area contributed by atoms with Crippen LogP contribution in [0.1, 0.15) is 36.0 Å². The van der Waals surface area contributed by atoms with Crippen molar-refractivity contribution in [2.45, 2.75) is 38.5 Å². The van der Waals surface area contributed by atoms with Gasteiger partial charge in [0.25, 0.3) is 0 Å². The average Bonchev–Trinajstić information content (AvgIpc) is 2.29. The lowest BCUT2D eigenvalue weighted by atomic mass is 9.88. The minimum absolute atomic E-state index is 0.191. The molecule has 0 saturated carbocycles. The third kappa shape index (κ3) is 2.15. The van der Waals surface area contributed by atoms with E-state index < -0.39 is 0 Å². The largest absolute Gasteiger partial charge is 0.507 e. The number of phenolic OH excluding ortho intramolecular Hbond substituents is 1. The quantitative estimate of drug-likeness (QED) is 0.796. The second kappa shape index (κ2) is 4.67. The van der Waals surface area contributed by atoms with Crippen LogP contribution in [0.25, 0.3) is 0 Å². The summed E-state index contributed by atoms with van der Waals surface area (Å²) in [4.78, 5) is 0. The predicted molar refractivity (Wildman–Crippen MR) is 60.2 cm³/mol. The lowest BCUT2D eigenvalue weighted by Crippen LogP contribution is -2.04. The highest BCUT2D eigenvalue weighted by Gasteiger charge is 2.15. The van der Waals surface area contributed by atoms with E-state index in [9.17, 15) is 5.11 Å². The zero-order valence-corrected chi connectivity index (χ0v) is 9.00. The van der Waals surface area contributed by atoms with Gasteiger partial charge in [-0.1, -0.05) is 12.1 Å². The van der Waals surface area contributed by atoms with Gasteiger partial charge in [-0.3, -0.25) is 0 Å². The van der Waals surface area contributed by atoms with Crippen LogP contribution in [0.3, 0.4) is 0 Å². The SMILES string of the molecule is OCCCc1ccc2c(c1O)CCCC2. The van der Waals surface area contributed by atoms with E-state index in [0.29, 0.717) is 5.75 Å². The molecule has 0 aliphatic heterocycles. The van der Waals surface area contributed by atoms with Crippen LogP contribution in [0.2, 0.25) is 0 Å². The maximum atomic E-state index is 10.1. The van der Waals surface area contributed by atoms with Crippen LogP contribution >= 0.6 is 0 Å². The van der Waals surface area contributed by atoms with Crippen molar-refractivity contribution in [3.63, 3.8) is 0 Å². The molecule has 0 bridgehead atoms. The van der Waals surface area contributed by atoms with E-state index in [1.807, 2.05) is 6.07 Å². The molecule has 0 heterocycles. The van der Waals surface area contributed by atoms with Gasteiger partial charge in [0.2, 0.25) is 0 Å². The Morgan fingerprint density at radius 3 is 2.73 bits per heavy atom. The van der Waals surface area contributed by atoms with Crippen LogP contribution < -0.4 is 0 Å². The first kappa shape index (κ1) is 10.5. The summed E-state index contributed by atoms with van der Waals surface area (Å²) in [5.41, 5.74) is 3.45. The number of hydrogen-bond acceptors (Lipinski definition) is 2. The number of phenols is 1. The van der Waals surface area contributed by atoms with E-state index in [1.54, 1.807) is 0 Å². The molecule has 1 aromatic rings. The highest BCUT2D eigenvalue weighted by molar-refractivity contribution is 5.46. The Hall–Kier alpha value is -1.02. The fraction of sp³-hybridized carbons (Fsp3) is 0.538. The summed E-state index contributed by atoms with van der Waals surface area (Å²) >= 11 is 0. The normalized spacial score (nSPS) is 15.0. The summed E-state index contributed by atoms with van der Waals surface area (Å²) in [7, 11) is 0. The molecule has 15 heavy (non-hydrogen) atoms. The van der Waals surface area contributed by atoms with Crippen molar-refractivity contribution in [2.24, 2.45) is 0 Å². The molecule has 82 valence electrons. The molecule has 0 saturated heterocycles. The van der Waals surface area contributed by atoms with Crippen molar-refractivity contribution in [3.8, 4) is 5.75 Å². The lowest BCUT2D eigenvalue weighted by Gasteiger charge is -2.18. The molecule has 2 nitrogen and oxygen atoms in total. The molecular weight excluding hydrogens is 188 g/mol. The number of fused-ring (bicyclic) bond motifs is 1. The third-order valence-corrected chi connectivity index (χ3v) is 3.19. The number of aromatic hydroxyl groups is 1. The van der Waals surface area contributed by atoms with Crippen molar-refractivity contribution in [3.05, 3.63) is 28.8 Å². The van der Waals surface area contributed by atoms with Crippen molar-refractivity contribution >= 4 is 0 Å². The van der Waals surface area contributed by atoms with Gasteiger partial charge in [0, 0.05) is 6.61 Å². The van der Waals surface area contributed by atoms with Crippen molar-refractivity contribution in [1.29, 1.82) is 0 Å². The lowest BCUT2D eigenvalue weighted by molar-refractivity contribution is 0.288. The Morgan fingerprint density at radius 1 is 1.13 bits per heavy atom. The molecular formula is C13H18O2. The Balaban J connectivity index is 2.26. The molecule has 0 fully saturated rings. The van der Waals surface area contributed by atoms with E-state index >= 15 is 0 Å². The topological polar surface area (TPSA) is 40.5 Å². The van der Waals surface area contributed by atoms with Crippen molar-refractivity contribution in [2.75, 3.05) is 6.61 Å². The molecule has 1 aromatic carbocycles. The van der Waals surface area contributed by atoms with Crippen molar-refractivity contribution < 1.29 is 10.2 Å². The Bertz CT molecular complexity index is 345. The van der Waals surface area contributed by atoms with Crippen LogP contribution in [-0.2, 0) is 19.3 Å². The van der Waals surface area contributed by atoms with Crippen molar-refractivity contribution in [1.82, 2.24) is 0 Å². The number of benzene rings is 1. The molecule has 0 amide bonds. The van der Waals surface area contributed by atoms with Crippen LogP contribution in [-0.4, -0.2) is 16.8 Å². The summed E-state index contributed by atoms with van der Waals surface area (Å²) in [6.07, 6.45) is 6.03. The maximum Gasteiger partial charge on any atom is 0.122 e. The van der Waals surface area contributed by atoms with Crippen LogP contribution in [0, 0.1) is 0 Å². The fourth-order valence-electron chi connectivity index (χ4n) is 2.33. The summed E-state index contributed by atoms with van der Waals surface area (Å²) in [6.45, 7) is 0.191. The maximum absolute atomic E-state index is 10.1. The van der Waals surface area contributed by atoms with Gasteiger partial charge >= 0.3 is 0 Å². The minimum Gasteiger partial charge on any atom is -0.507 e. The highest BCUT2D eigenvalue weighted by atomic mass is 16.3. The number of aliphatic hydroxyl groups is 1. The minimum atomic E-state index is 0.191. The Labute approximate surface area is 90.6 Å². The Kier molecular flexibility index (Phi) is 3.27. The first-order valence-corrected chi connectivity index (χ1v) is 5.76. The fourth-order valence-corrected chi connectivity index (χ4v) is 2.33. The monoisotopic (exact) mass is 206 g/mol. The number of aryl methyl sites for hydroxylation is 2. The molecule has 0 atom stereocenters. The zero-order chi connectivity index (χ0) is 10.7. The molecule has 0 spiro atoms. The smallest absolute Gasteiger partial charge is 0.122 e. The van der Waals surface area contributed by atoms with Gasteiger partial charge in [-0.2, -0.15) is 0 Å². The van der Waals surface area contributed by atoms with E-state index in [0.717, 1.165) is 36.8 Å². The predicted octanol–water partition coefficient (Wildman–Crippen LogP) is 2.20. The number of rotatable bonds is 3. The van der Waals surface area contributed by atoms with Gasteiger partial charge in [-0.15, -0.1) is 0 Å². The van der Waals surface area contributed by atoms with Gasteiger partial charge in [0.05, 0.1) is 0 Å². The van der Waals surface area contributed by atoms with Gasteiger partial charge in [0.1, 0.15) is 5.75 Å². The molecule has 0 radical (unpaired) electrons. The van der Waals surface area contributed by atoms with Gasteiger partial charge in [-0.05, 0) is 55.2 Å². The first-order valence-electron chi connectivity index (χ1n) is 5.76. The standard InChI is InChI=1S/C13H18O2/c14-9-3-5-11-8-7-10-4-1-2-6-12(10)13(11)15/h7-8,14-15H,1-6,9H2. The van der Waals surface area contributed by atoms with E-state index in [-0.39, 0.29) is 6.61 Å². The molecule has 2 heteroatoms. The van der Waals surface area contributed by atoms with E-state index in [1.165, 1.54) is 18.4 Å². The molecule has 2 rings (SSSR count). The second-order valence-corrected chi connectivity index (χ2v) is 4.25. The summed E-state index contributed by atoms with van der Waals surface area (Å²) in [5, 5.41) is 18.9. The summed E-state index contributed by atoms with van der Waals surface area (Å²) in [5.74, 6) is 0.487. The van der Waals surface area contributed by atoms with Gasteiger partial charge in [0.15, 0.2) is 0 Å². The molecule has 1 aliphatic carbocycles. The van der Waals surface area contributed by atoms with Gasteiger partial charge in [-0.25, -0.2) is 0 Å². The molecule has 0 aromatic heterocycles. The second-order valence-electron chi connectivity index (χ2n) is 4.25. The molecule has 2 N–H and O–H groups in total. The summed E-state index contributed by atoms with van der Waals surface area (Å²) < 4.78 is 0. The number of hydrogen-bond donors (Lipinski definition) is 2. The van der Waals surface area contributed by atoms with E-state index in [2.05, 4.69) is 6.07 Å². The van der Waals surface area contributed by atoms with Crippen LogP contribution in [0.4, 0.5) is 0 Å². The third-order valence-electron chi connectivity index (χ3n) is 3.19. The summed E-state index contributed by atoms with van der Waals surface area (Å²) in [6, 6.07) is 4.15. The molecule has 1 aliphatic rings. The van der Waals surface area contributed by atoms with Crippen LogP contribution in [0.5, 0.6) is 5.75 Å². The van der Waals surface area contributed by atoms with Gasteiger partial charge < -0.3 is 10.2 Å². The first-order chi connectivity index (χ1) is 7.33. The highest BCUT2D eigenvalue weighted by Crippen LogP contribution is 2.32. The van der Waals surface area contributed by atoms with E-state index in [4.69, 9.17) is 5.11 Å². The average molecular weight is 206 g/mol. The number of aliphatic hydroxyl groups excluding tert-OH is 1. The zero-order valence-electron chi connectivity index (χ0n) is 9.00. The van der Waals surface area contributed by atoms with Crippen LogP contribution in [0.15, 0.2) is 12.1 Å².